The van der Waals surface area contributed by atoms with Crippen molar-refractivity contribution in [2.24, 2.45) is 5.10 Å². The number of carbonyl (C=O) groups is 2. The van der Waals surface area contributed by atoms with Crippen LogP contribution in [-0.4, -0.2) is 18.0 Å². The van der Waals surface area contributed by atoms with Crippen LogP contribution in [0.5, 0.6) is 0 Å². The Balaban J connectivity index is 1.75. The SMILES string of the molecule is CC(C=NNC(=O)CCC(=O)Nc1cccc(Cl)c1)=Cc1ccc(C(C)C)cc1. The summed E-state index contributed by atoms with van der Waals surface area (Å²) in [7, 11) is 0. The summed E-state index contributed by atoms with van der Waals surface area (Å²) in [5.74, 6) is -0.0811. The molecule has 2 amide bonds. The fourth-order valence-corrected chi connectivity index (χ4v) is 2.75. The van der Waals surface area contributed by atoms with E-state index in [-0.39, 0.29) is 24.7 Å². The zero-order valence-corrected chi connectivity index (χ0v) is 17.7. The number of anilines is 1. The lowest BCUT2D eigenvalue weighted by molar-refractivity contribution is -0.124. The number of benzene rings is 2. The van der Waals surface area contributed by atoms with Crippen molar-refractivity contribution in [1.82, 2.24) is 5.43 Å². The third kappa shape index (κ3) is 8.32. The Morgan fingerprint density at radius 2 is 1.76 bits per heavy atom. The Morgan fingerprint density at radius 3 is 2.41 bits per heavy atom. The van der Waals surface area contributed by atoms with Gasteiger partial charge in [-0.2, -0.15) is 5.10 Å². The molecule has 0 atom stereocenters. The molecule has 0 saturated carbocycles. The molecule has 0 aliphatic heterocycles. The highest BCUT2D eigenvalue weighted by Crippen LogP contribution is 2.16. The fourth-order valence-electron chi connectivity index (χ4n) is 2.56. The summed E-state index contributed by atoms with van der Waals surface area (Å²) in [4.78, 5) is 23.7. The quantitative estimate of drug-likeness (QED) is 0.451. The molecule has 0 heterocycles. The molecule has 29 heavy (non-hydrogen) atoms. The maximum absolute atomic E-state index is 11.9. The van der Waals surface area contributed by atoms with Gasteiger partial charge in [0.1, 0.15) is 0 Å². The number of carbonyl (C=O) groups excluding carboxylic acids is 2. The van der Waals surface area contributed by atoms with Crippen LogP contribution in [-0.2, 0) is 9.59 Å². The average molecular weight is 412 g/mol. The first-order valence-corrected chi connectivity index (χ1v) is 9.87. The minimum atomic E-state index is -0.323. The maximum atomic E-state index is 11.9. The minimum Gasteiger partial charge on any atom is -0.326 e. The van der Waals surface area contributed by atoms with Crippen LogP contribution in [0, 0.1) is 0 Å². The third-order valence-corrected chi connectivity index (χ3v) is 4.38. The number of hydrogen-bond donors (Lipinski definition) is 2. The molecule has 0 radical (unpaired) electrons. The highest BCUT2D eigenvalue weighted by molar-refractivity contribution is 6.30. The normalized spacial score (nSPS) is 11.7. The second kappa shape index (κ2) is 11.2. The molecule has 5 nitrogen and oxygen atoms in total. The van der Waals surface area contributed by atoms with E-state index in [1.54, 1.807) is 30.5 Å². The van der Waals surface area contributed by atoms with Crippen molar-refractivity contribution >= 4 is 41.4 Å². The molecular weight excluding hydrogens is 386 g/mol. The topological polar surface area (TPSA) is 70.6 Å². The lowest BCUT2D eigenvalue weighted by Gasteiger charge is -2.05. The number of nitrogens with zero attached hydrogens (tertiary/aromatic N) is 1. The Hall–Kier alpha value is -2.92. The number of hydrazone groups is 1. The summed E-state index contributed by atoms with van der Waals surface area (Å²) < 4.78 is 0. The Bertz CT molecular complexity index is 903. The highest BCUT2D eigenvalue weighted by Gasteiger charge is 2.07. The van der Waals surface area contributed by atoms with Gasteiger partial charge in [0.05, 0.1) is 6.21 Å². The van der Waals surface area contributed by atoms with Gasteiger partial charge in [-0.25, -0.2) is 5.43 Å². The molecular formula is C23H26ClN3O2. The van der Waals surface area contributed by atoms with Crippen molar-refractivity contribution < 1.29 is 9.59 Å². The second-order valence-corrected chi connectivity index (χ2v) is 7.50. The van der Waals surface area contributed by atoms with Crippen LogP contribution in [0.15, 0.2) is 59.2 Å². The molecule has 2 aromatic rings. The van der Waals surface area contributed by atoms with Crippen LogP contribution in [0.2, 0.25) is 5.02 Å². The lowest BCUT2D eigenvalue weighted by Crippen LogP contribution is -2.20. The van der Waals surface area contributed by atoms with Gasteiger partial charge in [-0.1, -0.05) is 61.9 Å². The van der Waals surface area contributed by atoms with Crippen LogP contribution < -0.4 is 10.7 Å². The predicted molar refractivity (Wildman–Crippen MR) is 120 cm³/mol. The summed E-state index contributed by atoms with van der Waals surface area (Å²) in [6.45, 7) is 6.23. The van der Waals surface area contributed by atoms with Crippen LogP contribution >= 0.6 is 11.6 Å². The van der Waals surface area contributed by atoms with Gasteiger partial charge in [-0.3, -0.25) is 9.59 Å². The van der Waals surface area contributed by atoms with E-state index in [9.17, 15) is 9.59 Å². The number of amides is 2. The van der Waals surface area contributed by atoms with E-state index < -0.39 is 0 Å². The number of allylic oxidation sites excluding steroid dienone is 1. The molecule has 2 rings (SSSR count). The van der Waals surface area contributed by atoms with E-state index in [1.807, 2.05) is 13.0 Å². The highest BCUT2D eigenvalue weighted by atomic mass is 35.5. The number of hydrogen-bond acceptors (Lipinski definition) is 3. The van der Waals surface area contributed by atoms with Gasteiger partial charge >= 0.3 is 0 Å². The Morgan fingerprint density at radius 1 is 1.07 bits per heavy atom. The van der Waals surface area contributed by atoms with E-state index in [4.69, 9.17) is 11.6 Å². The first-order chi connectivity index (χ1) is 13.8. The third-order valence-electron chi connectivity index (χ3n) is 4.14. The summed E-state index contributed by atoms with van der Waals surface area (Å²) >= 11 is 5.87. The minimum absolute atomic E-state index is 0.0448. The van der Waals surface area contributed by atoms with Crippen molar-refractivity contribution in [3.05, 3.63) is 70.3 Å². The van der Waals surface area contributed by atoms with Gasteiger partial charge in [0, 0.05) is 23.6 Å². The van der Waals surface area contributed by atoms with Crippen LogP contribution in [0.1, 0.15) is 50.7 Å². The number of halogens is 1. The molecule has 0 spiro atoms. The zero-order chi connectivity index (χ0) is 21.2. The maximum Gasteiger partial charge on any atom is 0.240 e. The molecule has 0 unspecified atom stereocenters. The molecule has 152 valence electrons. The second-order valence-electron chi connectivity index (χ2n) is 7.06. The van der Waals surface area contributed by atoms with E-state index in [0.29, 0.717) is 16.6 Å². The first-order valence-electron chi connectivity index (χ1n) is 9.49. The summed E-state index contributed by atoms with van der Waals surface area (Å²) in [6, 6.07) is 15.2. The smallest absolute Gasteiger partial charge is 0.240 e. The van der Waals surface area contributed by atoms with Crippen molar-refractivity contribution in [1.29, 1.82) is 0 Å². The molecule has 2 aromatic carbocycles. The number of nitrogens with one attached hydrogen (secondary N) is 2. The molecule has 0 fully saturated rings. The zero-order valence-electron chi connectivity index (χ0n) is 16.9. The van der Waals surface area contributed by atoms with Gasteiger partial charge in [0.25, 0.3) is 0 Å². The summed E-state index contributed by atoms with van der Waals surface area (Å²) in [5, 5.41) is 7.18. The molecule has 2 N–H and O–H groups in total. The molecule has 6 heteroatoms. The fraction of sp³-hybridized carbons (Fsp3) is 0.261. The standard InChI is InChI=1S/C23H26ClN3O2/c1-16(2)19-9-7-18(8-10-19)13-17(3)15-25-27-23(29)12-11-22(28)26-21-6-4-5-20(24)14-21/h4-10,13-16H,11-12H2,1-3H3,(H,26,28)(H,27,29). The van der Waals surface area contributed by atoms with E-state index in [2.05, 4.69) is 54.0 Å². The van der Waals surface area contributed by atoms with E-state index in [1.165, 1.54) is 5.56 Å². The summed E-state index contributed by atoms with van der Waals surface area (Å²) in [5.41, 5.74) is 6.31. The Labute approximate surface area is 176 Å². The Kier molecular flexibility index (Phi) is 8.62. The van der Waals surface area contributed by atoms with Gasteiger partial charge in [-0.15, -0.1) is 0 Å². The van der Waals surface area contributed by atoms with Gasteiger partial charge in [-0.05, 0) is 47.7 Å². The van der Waals surface area contributed by atoms with E-state index >= 15 is 0 Å². The predicted octanol–water partition coefficient (Wildman–Crippen LogP) is 5.39. The molecule has 0 bridgehead atoms. The van der Waals surface area contributed by atoms with Gasteiger partial charge in [0.2, 0.25) is 11.8 Å². The largest absolute Gasteiger partial charge is 0.326 e. The van der Waals surface area contributed by atoms with Gasteiger partial charge < -0.3 is 5.32 Å². The van der Waals surface area contributed by atoms with E-state index in [0.717, 1.165) is 11.1 Å². The molecule has 0 aliphatic carbocycles. The van der Waals surface area contributed by atoms with Crippen molar-refractivity contribution in [3.8, 4) is 0 Å². The monoisotopic (exact) mass is 411 g/mol. The first kappa shape index (κ1) is 22.4. The van der Waals surface area contributed by atoms with Crippen molar-refractivity contribution in [3.63, 3.8) is 0 Å². The molecule has 0 aromatic heterocycles. The molecule has 0 aliphatic rings. The van der Waals surface area contributed by atoms with Gasteiger partial charge in [0.15, 0.2) is 0 Å². The van der Waals surface area contributed by atoms with Crippen molar-refractivity contribution in [2.45, 2.75) is 39.5 Å². The number of rotatable bonds is 8. The summed E-state index contributed by atoms with van der Waals surface area (Å²) in [6.07, 6.45) is 3.67. The molecule has 0 saturated heterocycles. The van der Waals surface area contributed by atoms with Crippen LogP contribution in [0.25, 0.3) is 6.08 Å². The average Bonchev–Trinajstić information content (AvgIpc) is 2.67. The van der Waals surface area contributed by atoms with Crippen LogP contribution in [0.3, 0.4) is 0 Å². The van der Waals surface area contributed by atoms with Crippen molar-refractivity contribution in [2.75, 3.05) is 5.32 Å². The van der Waals surface area contributed by atoms with Crippen LogP contribution in [0.4, 0.5) is 5.69 Å². The lowest BCUT2D eigenvalue weighted by atomic mass is 10.0.